The van der Waals surface area contributed by atoms with Gasteiger partial charge in [-0.05, 0) is 19.4 Å². The fourth-order valence-corrected chi connectivity index (χ4v) is 1.22. The lowest BCUT2D eigenvalue weighted by Gasteiger charge is -2.06. The van der Waals surface area contributed by atoms with Crippen molar-refractivity contribution in [1.82, 2.24) is 10.5 Å². The van der Waals surface area contributed by atoms with Gasteiger partial charge >= 0.3 is 0 Å². The number of aryl methyl sites for hydroxylation is 1. The van der Waals surface area contributed by atoms with E-state index >= 15 is 0 Å². The van der Waals surface area contributed by atoms with Gasteiger partial charge in [0.05, 0.1) is 0 Å². The average Bonchev–Trinajstić information content (AvgIpc) is 2.58. The molecule has 1 aromatic rings. The van der Waals surface area contributed by atoms with E-state index in [0.717, 1.165) is 6.54 Å². The molecule has 2 N–H and O–H groups in total. The molecule has 5 nitrogen and oxygen atoms in total. The van der Waals surface area contributed by atoms with Crippen molar-refractivity contribution in [3.63, 3.8) is 0 Å². The number of hydrogen-bond acceptors (Lipinski definition) is 4. The number of nitrogens with zero attached hydrogens (tertiary/aromatic N) is 1. The van der Waals surface area contributed by atoms with E-state index in [4.69, 9.17) is 4.52 Å². The summed E-state index contributed by atoms with van der Waals surface area (Å²) in [6, 6.07) is 1.69. The van der Waals surface area contributed by atoms with Gasteiger partial charge in [-0.1, -0.05) is 19.0 Å². The molecular weight excluding hydrogens is 206 g/mol. The van der Waals surface area contributed by atoms with Gasteiger partial charge in [0.2, 0.25) is 5.91 Å². The van der Waals surface area contributed by atoms with Crippen LogP contribution < -0.4 is 10.6 Å². The first-order valence-corrected chi connectivity index (χ1v) is 5.52. The van der Waals surface area contributed by atoms with Gasteiger partial charge in [-0.3, -0.25) is 4.79 Å². The van der Waals surface area contributed by atoms with Crippen molar-refractivity contribution in [1.29, 1.82) is 0 Å². The highest BCUT2D eigenvalue weighted by Crippen LogP contribution is 2.06. The van der Waals surface area contributed by atoms with E-state index < -0.39 is 0 Å². The SMILES string of the molecule is Cc1cc(NC(=O)CCNCC(C)C)no1. The number of carbonyl (C=O) groups is 1. The van der Waals surface area contributed by atoms with E-state index in [0.29, 0.717) is 30.5 Å². The molecule has 16 heavy (non-hydrogen) atoms. The van der Waals surface area contributed by atoms with Crippen LogP contribution in [0.25, 0.3) is 0 Å². The van der Waals surface area contributed by atoms with Crippen LogP contribution in [-0.2, 0) is 4.79 Å². The van der Waals surface area contributed by atoms with E-state index in [1.54, 1.807) is 13.0 Å². The highest BCUT2D eigenvalue weighted by molar-refractivity contribution is 5.89. The van der Waals surface area contributed by atoms with Crippen molar-refractivity contribution in [2.45, 2.75) is 27.2 Å². The molecule has 0 unspecified atom stereocenters. The van der Waals surface area contributed by atoms with Crippen LogP contribution in [0.5, 0.6) is 0 Å². The Balaban J connectivity index is 2.16. The van der Waals surface area contributed by atoms with Crippen molar-refractivity contribution in [3.8, 4) is 0 Å². The van der Waals surface area contributed by atoms with Crippen LogP contribution in [0.4, 0.5) is 5.82 Å². The first-order valence-electron chi connectivity index (χ1n) is 5.52. The van der Waals surface area contributed by atoms with Crippen LogP contribution in [0.3, 0.4) is 0 Å². The standard InChI is InChI=1S/C11H19N3O2/c1-8(2)7-12-5-4-11(15)13-10-6-9(3)16-14-10/h6,8,12H,4-5,7H2,1-3H3,(H,13,14,15). The molecule has 1 heterocycles. The van der Waals surface area contributed by atoms with Gasteiger partial charge in [0.15, 0.2) is 5.82 Å². The van der Waals surface area contributed by atoms with Gasteiger partial charge < -0.3 is 15.2 Å². The Morgan fingerprint density at radius 1 is 1.56 bits per heavy atom. The quantitative estimate of drug-likeness (QED) is 0.721. The molecule has 0 radical (unpaired) electrons. The van der Waals surface area contributed by atoms with Crippen molar-refractivity contribution in [3.05, 3.63) is 11.8 Å². The van der Waals surface area contributed by atoms with E-state index in [-0.39, 0.29) is 5.91 Å². The van der Waals surface area contributed by atoms with Crippen LogP contribution >= 0.6 is 0 Å². The number of rotatable bonds is 6. The summed E-state index contributed by atoms with van der Waals surface area (Å²) in [4.78, 5) is 11.4. The number of carbonyl (C=O) groups excluding carboxylic acids is 1. The first kappa shape index (κ1) is 12.7. The lowest BCUT2D eigenvalue weighted by atomic mass is 10.2. The fraction of sp³-hybridized carbons (Fsp3) is 0.636. The van der Waals surface area contributed by atoms with Crippen molar-refractivity contribution >= 4 is 11.7 Å². The maximum atomic E-state index is 11.4. The summed E-state index contributed by atoms with van der Waals surface area (Å²) in [5.41, 5.74) is 0. The second-order valence-electron chi connectivity index (χ2n) is 4.22. The predicted octanol–water partition coefficient (Wildman–Crippen LogP) is 1.56. The minimum atomic E-state index is -0.0513. The van der Waals surface area contributed by atoms with E-state index in [1.807, 2.05) is 0 Å². The third-order valence-electron chi connectivity index (χ3n) is 1.98. The third-order valence-corrected chi connectivity index (χ3v) is 1.98. The lowest BCUT2D eigenvalue weighted by molar-refractivity contribution is -0.116. The monoisotopic (exact) mass is 225 g/mol. The molecule has 0 saturated heterocycles. The Kier molecular flexibility index (Phi) is 4.98. The first-order chi connectivity index (χ1) is 7.58. The summed E-state index contributed by atoms with van der Waals surface area (Å²) in [5.74, 6) is 1.71. The normalized spacial score (nSPS) is 10.8. The smallest absolute Gasteiger partial charge is 0.226 e. The van der Waals surface area contributed by atoms with E-state index in [2.05, 4.69) is 29.6 Å². The maximum Gasteiger partial charge on any atom is 0.226 e. The zero-order chi connectivity index (χ0) is 12.0. The molecule has 0 bridgehead atoms. The molecule has 0 saturated carbocycles. The van der Waals surface area contributed by atoms with Crippen LogP contribution in [-0.4, -0.2) is 24.2 Å². The molecule has 5 heteroatoms. The zero-order valence-electron chi connectivity index (χ0n) is 10.0. The van der Waals surface area contributed by atoms with Gasteiger partial charge in [0, 0.05) is 19.0 Å². The Bertz CT molecular complexity index is 334. The number of nitrogens with one attached hydrogen (secondary N) is 2. The van der Waals surface area contributed by atoms with Gasteiger partial charge in [-0.2, -0.15) is 0 Å². The second-order valence-corrected chi connectivity index (χ2v) is 4.22. The molecular formula is C11H19N3O2. The predicted molar refractivity (Wildman–Crippen MR) is 62.2 cm³/mol. The number of aromatic nitrogens is 1. The van der Waals surface area contributed by atoms with Crippen molar-refractivity contribution < 1.29 is 9.32 Å². The summed E-state index contributed by atoms with van der Waals surface area (Å²) in [6.45, 7) is 7.65. The largest absolute Gasteiger partial charge is 0.360 e. The number of amides is 1. The zero-order valence-corrected chi connectivity index (χ0v) is 10.0. The average molecular weight is 225 g/mol. The molecule has 1 amide bonds. The highest BCUT2D eigenvalue weighted by Gasteiger charge is 2.05. The Morgan fingerprint density at radius 2 is 2.31 bits per heavy atom. The summed E-state index contributed by atoms with van der Waals surface area (Å²) in [5, 5.41) is 9.55. The molecule has 1 aromatic heterocycles. The van der Waals surface area contributed by atoms with Gasteiger partial charge in [-0.25, -0.2) is 0 Å². The third kappa shape index (κ3) is 4.93. The molecule has 0 spiro atoms. The van der Waals surface area contributed by atoms with Gasteiger partial charge in [-0.15, -0.1) is 0 Å². The Morgan fingerprint density at radius 3 is 2.88 bits per heavy atom. The fourth-order valence-electron chi connectivity index (χ4n) is 1.22. The minimum absolute atomic E-state index is 0.0513. The Hall–Kier alpha value is -1.36. The summed E-state index contributed by atoms with van der Waals surface area (Å²) in [6.07, 6.45) is 0.443. The van der Waals surface area contributed by atoms with E-state index in [9.17, 15) is 4.79 Å². The molecule has 0 aliphatic carbocycles. The molecule has 0 fully saturated rings. The van der Waals surface area contributed by atoms with Crippen LogP contribution in [0.1, 0.15) is 26.0 Å². The summed E-state index contributed by atoms with van der Waals surface area (Å²) >= 11 is 0. The highest BCUT2D eigenvalue weighted by atomic mass is 16.5. The van der Waals surface area contributed by atoms with Crippen LogP contribution in [0, 0.1) is 12.8 Å². The molecule has 0 aliphatic heterocycles. The second kappa shape index (κ2) is 6.27. The van der Waals surface area contributed by atoms with Crippen molar-refractivity contribution in [2.75, 3.05) is 18.4 Å². The van der Waals surface area contributed by atoms with Crippen LogP contribution in [0.2, 0.25) is 0 Å². The molecule has 1 rings (SSSR count). The van der Waals surface area contributed by atoms with E-state index in [1.165, 1.54) is 0 Å². The van der Waals surface area contributed by atoms with Gasteiger partial charge in [0.1, 0.15) is 5.76 Å². The molecule has 0 aromatic carbocycles. The molecule has 0 atom stereocenters. The minimum Gasteiger partial charge on any atom is -0.360 e. The van der Waals surface area contributed by atoms with Crippen molar-refractivity contribution in [2.24, 2.45) is 5.92 Å². The number of anilines is 1. The lowest BCUT2D eigenvalue weighted by Crippen LogP contribution is -2.24. The molecule has 0 aliphatic rings. The topological polar surface area (TPSA) is 67.2 Å². The molecule has 90 valence electrons. The maximum absolute atomic E-state index is 11.4. The Labute approximate surface area is 95.6 Å². The summed E-state index contributed by atoms with van der Waals surface area (Å²) < 4.78 is 4.84. The number of hydrogen-bond donors (Lipinski definition) is 2. The summed E-state index contributed by atoms with van der Waals surface area (Å²) in [7, 11) is 0. The van der Waals surface area contributed by atoms with Crippen LogP contribution in [0.15, 0.2) is 10.6 Å². The van der Waals surface area contributed by atoms with Gasteiger partial charge in [0.25, 0.3) is 0 Å².